The molecule has 6 nitrogen and oxygen atoms in total. The average molecular weight is 364 g/mol. The number of fused-ring (bicyclic) bond motifs is 1. The molecule has 1 aliphatic rings. The molecule has 3 aromatic rings. The molecule has 0 aliphatic carbocycles. The van der Waals surface area contributed by atoms with E-state index in [1.165, 1.54) is 0 Å². The second-order valence-electron chi connectivity index (χ2n) is 6.50. The van der Waals surface area contributed by atoms with E-state index in [0.29, 0.717) is 29.6 Å². The Kier molecular flexibility index (Phi) is 4.54. The van der Waals surface area contributed by atoms with Crippen molar-refractivity contribution in [2.45, 2.75) is 19.9 Å². The average Bonchev–Trinajstić information content (AvgIpc) is 3.29. The van der Waals surface area contributed by atoms with Gasteiger partial charge < -0.3 is 18.8 Å². The predicted octanol–water partition coefficient (Wildman–Crippen LogP) is 3.58. The van der Waals surface area contributed by atoms with E-state index in [9.17, 15) is 4.79 Å². The highest BCUT2D eigenvalue weighted by atomic mass is 16.7. The van der Waals surface area contributed by atoms with Crippen LogP contribution in [-0.4, -0.2) is 29.6 Å². The molecule has 1 amide bonds. The molecule has 0 atom stereocenters. The van der Waals surface area contributed by atoms with Gasteiger partial charge in [0, 0.05) is 19.2 Å². The summed E-state index contributed by atoms with van der Waals surface area (Å²) in [5.41, 5.74) is 2.54. The van der Waals surface area contributed by atoms with E-state index in [0.717, 1.165) is 16.9 Å². The van der Waals surface area contributed by atoms with Crippen molar-refractivity contribution in [3.8, 4) is 23.0 Å². The van der Waals surface area contributed by atoms with Gasteiger partial charge in [0.2, 0.25) is 18.6 Å². The summed E-state index contributed by atoms with van der Waals surface area (Å²) in [5.74, 6) is 2.63. The van der Waals surface area contributed by atoms with E-state index >= 15 is 0 Å². The molecule has 0 fully saturated rings. The van der Waals surface area contributed by atoms with Crippen LogP contribution in [0.4, 0.5) is 0 Å². The van der Waals surface area contributed by atoms with Gasteiger partial charge in [-0.1, -0.05) is 24.3 Å². The Bertz CT molecular complexity index is 966. The van der Waals surface area contributed by atoms with Crippen molar-refractivity contribution in [1.82, 2.24) is 9.88 Å². The summed E-state index contributed by atoms with van der Waals surface area (Å²) in [7, 11) is 1.78. The van der Waals surface area contributed by atoms with Crippen LogP contribution in [0.15, 0.2) is 52.9 Å². The third kappa shape index (κ3) is 3.65. The van der Waals surface area contributed by atoms with Crippen LogP contribution in [0.25, 0.3) is 11.5 Å². The van der Waals surface area contributed by atoms with Crippen molar-refractivity contribution in [2.75, 3.05) is 13.8 Å². The molecule has 4 rings (SSSR count). The Morgan fingerprint density at radius 2 is 1.89 bits per heavy atom. The van der Waals surface area contributed by atoms with Crippen LogP contribution in [0.1, 0.15) is 17.0 Å². The quantitative estimate of drug-likeness (QED) is 0.692. The van der Waals surface area contributed by atoms with Crippen LogP contribution < -0.4 is 9.47 Å². The van der Waals surface area contributed by atoms with Crippen LogP contribution in [0, 0.1) is 6.92 Å². The lowest BCUT2D eigenvalue weighted by Crippen LogP contribution is -2.28. The maximum atomic E-state index is 12.6. The fourth-order valence-electron chi connectivity index (χ4n) is 2.98. The third-order valence-electron chi connectivity index (χ3n) is 4.51. The fourth-order valence-corrected chi connectivity index (χ4v) is 2.98. The molecule has 0 unspecified atom stereocenters. The number of ether oxygens (including phenoxy) is 2. The van der Waals surface area contributed by atoms with Crippen LogP contribution in [-0.2, 0) is 17.8 Å². The van der Waals surface area contributed by atoms with E-state index in [-0.39, 0.29) is 19.1 Å². The lowest BCUT2D eigenvalue weighted by atomic mass is 10.1. The van der Waals surface area contributed by atoms with E-state index in [1.807, 2.05) is 55.5 Å². The monoisotopic (exact) mass is 364 g/mol. The van der Waals surface area contributed by atoms with Crippen LogP contribution >= 0.6 is 0 Å². The lowest BCUT2D eigenvalue weighted by Gasteiger charge is -2.17. The predicted molar refractivity (Wildman–Crippen MR) is 99.4 cm³/mol. The number of hydrogen-bond acceptors (Lipinski definition) is 5. The maximum Gasteiger partial charge on any atom is 0.231 e. The van der Waals surface area contributed by atoms with E-state index in [4.69, 9.17) is 13.9 Å². The van der Waals surface area contributed by atoms with Gasteiger partial charge in [0.05, 0.1) is 12.1 Å². The van der Waals surface area contributed by atoms with Crippen molar-refractivity contribution in [2.24, 2.45) is 0 Å². The van der Waals surface area contributed by atoms with Crippen LogP contribution in [0.3, 0.4) is 0 Å². The number of hydrogen-bond donors (Lipinski definition) is 0. The van der Waals surface area contributed by atoms with Crippen molar-refractivity contribution < 1.29 is 18.7 Å². The second-order valence-corrected chi connectivity index (χ2v) is 6.50. The zero-order chi connectivity index (χ0) is 18.8. The van der Waals surface area contributed by atoms with Crippen molar-refractivity contribution in [3.05, 3.63) is 65.5 Å². The van der Waals surface area contributed by atoms with Gasteiger partial charge in [0.15, 0.2) is 11.5 Å². The standard InChI is InChI=1S/C21H20N2O4/c1-14-17(22-21(27-14)16-6-4-3-5-7-16)11-20(24)23(2)12-15-8-9-18-19(10-15)26-13-25-18/h3-10H,11-13H2,1-2H3. The number of likely N-dealkylation sites (N-methyl/N-ethyl adjacent to an activating group) is 1. The topological polar surface area (TPSA) is 64.8 Å². The molecule has 0 saturated heterocycles. The molecule has 2 aromatic carbocycles. The van der Waals surface area contributed by atoms with E-state index in [2.05, 4.69) is 4.98 Å². The first-order valence-corrected chi connectivity index (χ1v) is 8.74. The number of aryl methyl sites for hydroxylation is 1. The summed E-state index contributed by atoms with van der Waals surface area (Å²) in [5, 5.41) is 0. The number of oxazole rings is 1. The summed E-state index contributed by atoms with van der Waals surface area (Å²) in [6.45, 7) is 2.56. The fraction of sp³-hybridized carbons (Fsp3) is 0.238. The molecule has 6 heteroatoms. The second kappa shape index (κ2) is 7.15. The SMILES string of the molecule is Cc1oc(-c2ccccc2)nc1CC(=O)N(C)Cc1ccc2c(c1)OCO2. The summed E-state index contributed by atoms with van der Waals surface area (Å²) in [4.78, 5) is 18.8. The molecule has 0 bridgehead atoms. The van der Waals surface area contributed by atoms with Crippen LogP contribution in [0.2, 0.25) is 0 Å². The first kappa shape index (κ1) is 17.1. The normalized spacial score (nSPS) is 12.2. The highest BCUT2D eigenvalue weighted by Gasteiger charge is 2.19. The molecule has 2 heterocycles. The van der Waals surface area contributed by atoms with E-state index < -0.39 is 0 Å². The smallest absolute Gasteiger partial charge is 0.231 e. The number of rotatable bonds is 5. The minimum absolute atomic E-state index is 0.0244. The Hall–Kier alpha value is -3.28. The van der Waals surface area contributed by atoms with Gasteiger partial charge in [-0.25, -0.2) is 4.98 Å². The largest absolute Gasteiger partial charge is 0.454 e. The molecule has 1 aliphatic heterocycles. The Labute approximate surface area is 157 Å². The number of aromatic nitrogens is 1. The molecule has 0 N–H and O–H groups in total. The van der Waals surface area contributed by atoms with E-state index in [1.54, 1.807) is 11.9 Å². The Balaban J connectivity index is 1.43. The highest BCUT2D eigenvalue weighted by Crippen LogP contribution is 2.32. The van der Waals surface area contributed by atoms with Gasteiger partial charge in [-0.15, -0.1) is 0 Å². The zero-order valence-corrected chi connectivity index (χ0v) is 15.3. The first-order chi connectivity index (χ1) is 13.1. The third-order valence-corrected chi connectivity index (χ3v) is 4.51. The first-order valence-electron chi connectivity index (χ1n) is 8.74. The number of nitrogens with zero attached hydrogens (tertiary/aromatic N) is 2. The number of amides is 1. The van der Waals surface area contributed by atoms with Gasteiger partial charge in [0.25, 0.3) is 0 Å². The van der Waals surface area contributed by atoms with Crippen molar-refractivity contribution in [1.29, 1.82) is 0 Å². The zero-order valence-electron chi connectivity index (χ0n) is 15.3. The number of carbonyl (C=O) groups excluding carboxylic acids is 1. The summed E-state index contributed by atoms with van der Waals surface area (Å²) in [6, 6.07) is 15.4. The molecule has 0 spiro atoms. The van der Waals surface area contributed by atoms with Gasteiger partial charge in [-0.2, -0.15) is 0 Å². The minimum Gasteiger partial charge on any atom is -0.454 e. The number of benzene rings is 2. The van der Waals surface area contributed by atoms with Crippen LogP contribution in [0.5, 0.6) is 11.5 Å². The molecule has 138 valence electrons. The van der Waals surface area contributed by atoms with Gasteiger partial charge >= 0.3 is 0 Å². The summed E-state index contributed by atoms with van der Waals surface area (Å²) in [6.07, 6.45) is 0.198. The molecule has 0 radical (unpaired) electrons. The molecule has 1 aromatic heterocycles. The minimum atomic E-state index is -0.0244. The summed E-state index contributed by atoms with van der Waals surface area (Å²) >= 11 is 0. The highest BCUT2D eigenvalue weighted by molar-refractivity contribution is 5.78. The van der Waals surface area contributed by atoms with Gasteiger partial charge in [-0.05, 0) is 36.8 Å². The Morgan fingerprint density at radius 3 is 2.70 bits per heavy atom. The van der Waals surface area contributed by atoms with Crippen molar-refractivity contribution in [3.63, 3.8) is 0 Å². The maximum absolute atomic E-state index is 12.6. The summed E-state index contributed by atoms with van der Waals surface area (Å²) < 4.78 is 16.4. The molecular weight excluding hydrogens is 344 g/mol. The molecule has 27 heavy (non-hydrogen) atoms. The van der Waals surface area contributed by atoms with Crippen molar-refractivity contribution >= 4 is 5.91 Å². The number of carbonyl (C=O) groups is 1. The Morgan fingerprint density at radius 1 is 1.11 bits per heavy atom. The molecular formula is C21H20N2O4. The van der Waals surface area contributed by atoms with Gasteiger partial charge in [-0.3, -0.25) is 4.79 Å². The van der Waals surface area contributed by atoms with Gasteiger partial charge in [0.1, 0.15) is 5.76 Å². The molecule has 0 saturated carbocycles. The lowest BCUT2D eigenvalue weighted by molar-refractivity contribution is -0.129.